The molecule has 1 amide bonds. The number of hydrogen-bond donors (Lipinski definition) is 1. The second-order valence-corrected chi connectivity index (χ2v) is 8.69. The number of para-hydroxylation sites is 1. The maximum absolute atomic E-state index is 13.1. The molecule has 3 rings (SSSR count). The summed E-state index contributed by atoms with van der Waals surface area (Å²) < 4.78 is 41.8. The van der Waals surface area contributed by atoms with Crippen molar-refractivity contribution in [2.45, 2.75) is 12.5 Å². The van der Waals surface area contributed by atoms with E-state index in [4.69, 9.17) is 10.5 Å². The molecule has 0 aliphatic carbocycles. The molecule has 1 fully saturated rings. The number of anilines is 2. The normalized spacial score (nSPS) is 17.8. The predicted molar refractivity (Wildman–Crippen MR) is 102 cm³/mol. The Labute approximate surface area is 161 Å². The lowest BCUT2D eigenvalue weighted by Crippen LogP contribution is -2.43. The Bertz CT molecular complexity index is 995. The number of nitrogens with two attached hydrogens (primary N) is 1. The Morgan fingerprint density at radius 3 is 2.50 bits per heavy atom. The van der Waals surface area contributed by atoms with E-state index < -0.39 is 40.2 Å². The number of carbonyl (C=O) groups excluding carboxylic acids is 2. The third-order valence-electron chi connectivity index (χ3n) is 4.44. The van der Waals surface area contributed by atoms with E-state index in [0.717, 1.165) is 12.1 Å². The number of esters is 1. The zero-order valence-electron chi connectivity index (χ0n) is 14.9. The van der Waals surface area contributed by atoms with Gasteiger partial charge in [-0.2, -0.15) is 0 Å². The second kappa shape index (κ2) is 7.97. The summed E-state index contributed by atoms with van der Waals surface area (Å²) in [5, 5.41) is 0. The van der Waals surface area contributed by atoms with Gasteiger partial charge in [0.15, 0.2) is 16.4 Å². The van der Waals surface area contributed by atoms with Crippen LogP contribution < -0.4 is 10.6 Å². The van der Waals surface area contributed by atoms with Gasteiger partial charge in [-0.15, -0.1) is 0 Å². The molecule has 0 saturated carbocycles. The molecule has 0 spiro atoms. The number of ether oxygens (including phenoxy) is 1. The first-order valence-corrected chi connectivity index (χ1v) is 10.4. The molecule has 2 aromatic carbocycles. The molecule has 0 aromatic heterocycles. The van der Waals surface area contributed by atoms with Crippen LogP contribution in [0.2, 0.25) is 0 Å². The van der Waals surface area contributed by atoms with Crippen LogP contribution in [0.15, 0.2) is 48.5 Å². The highest BCUT2D eigenvalue weighted by Crippen LogP contribution is 2.25. The molecule has 28 heavy (non-hydrogen) atoms. The van der Waals surface area contributed by atoms with Crippen molar-refractivity contribution in [1.82, 2.24) is 0 Å². The van der Waals surface area contributed by atoms with Gasteiger partial charge < -0.3 is 15.4 Å². The van der Waals surface area contributed by atoms with E-state index in [1.807, 2.05) is 0 Å². The lowest BCUT2D eigenvalue weighted by Gasteiger charge is -2.28. The molecule has 2 aromatic rings. The smallest absolute Gasteiger partial charge is 0.340 e. The van der Waals surface area contributed by atoms with Crippen LogP contribution >= 0.6 is 0 Å². The lowest BCUT2D eigenvalue weighted by atomic mass is 10.1. The number of halogens is 1. The van der Waals surface area contributed by atoms with E-state index in [9.17, 15) is 22.4 Å². The Morgan fingerprint density at radius 2 is 1.89 bits per heavy atom. The number of sulfone groups is 1. The van der Waals surface area contributed by atoms with Gasteiger partial charge in [-0.3, -0.25) is 4.79 Å². The number of amides is 1. The first-order chi connectivity index (χ1) is 13.3. The highest BCUT2D eigenvalue weighted by molar-refractivity contribution is 7.91. The van der Waals surface area contributed by atoms with Crippen LogP contribution in [-0.4, -0.2) is 44.4 Å². The summed E-state index contributed by atoms with van der Waals surface area (Å²) in [6.45, 7) is -0.596. The van der Waals surface area contributed by atoms with Crippen LogP contribution in [0.3, 0.4) is 0 Å². The first-order valence-electron chi connectivity index (χ1n) is 8.56. The molecule has 2 N–H and O–H groups in total. The van der Waals surface area contributed by atoms with Crippen molar-refractivity contribution in [1.29, 1.82) is 0 Å². The molecule has 0 radical (unpaired) electrons. The quantitative estimate of drug-likeness (QED) is 0.599. The van der Waals surface area contributed by atoms with Crippen LogP contribution in [-0.2, 0) is 19.4 Å². The van der Waals surface area contributed by atoms with Gasteiger partial charge in [0.2, 0.25) is 0 Å². The molecule has 1 heterocycles. The van der Waals surface area contributed by atoms with E-state index in [1.54, 1.807) is 30.3 Å². The minimum atomic E-state index is -3.22. The van der Waals surface area contributed by atoms with E-state index >= 15 is 0 Å². The van der Waals surface area contributed by atoms with Crippen molar-refractivity contribution < 1.29 is 27.1 Å². The number of nitrogen functional groups attached to an aromatic ring is 1. The van der Waals surface area contributed by atoms with Crippen molar-refractivity contribution >= 4 is 33.1 Å². The Morgan fingerprint density at radius 1 is 1.18 bits per heavy atom. The van der Waals surface area contributed by atoms with Gasteiger partial charge >= 0.3 is 5.97 Å². The predicted octanol–water partition coefficient (Wildman–Crippen LogP) is 1.79. The van der Waals surface area contributed by atoms with Crippen molar-refractivity contribution in [3.8, 4) is 0 Å². The van der Waals surface area contributed by atoms with Crippen molar-refractivity contribution in [3.63, 3.8) is 0 Å². The van der Waals surface area contributed by atoms with Gasteiger partial charge in [-0.1, -0.05) is 18.2 Å². The van der Waals surface area contributed by atoms with E-state index in [1.165, 1.54) is 11.0 Å². The molecular formula is C19H19FN2O5S. The molecule has 148 valence electrons. The van der Waals surface area contributed by atoms with E-state index in [0.29, 0.717) is 12.1 Å². The third-order valence-corrected chi connectivity index (χ3v) is 6.19. The Hall–Kier alpha value is -2.94. The molecule has 0 bridgehead atoms. The van der Waals surface area contributed by atoms with Crippen LogP contribution in [0.25, 0.3) is 0 Å². The highest BCUT2D eigenvalue weighted by atomic mass is 32.2. The van der Waals surface area contributed by atoms with E-state index in [2.05, 4.69) is 0 Å². The molecule has 0 unspecified atom stereocenters. The van der Waals surface area contributed by atoms with Gasteiger partial charge in [0, 0.05) is 11.4 Å². The van der Waals surface area contributed by atoms with Gasteiger partial charge in [0.25, 0.3) is 5.91 Å². The second-order valence-electron chi connectivity index (χ2n) is 6.46. The summed E-state index contributed by atoms with van der Waals surface area (Å²) in [6.07, 6.45) is 0.307. The highest BCUT2D eigenvalue weighted by Gasteiger charge is 2.35. The summed E-state index contributed by atoms with van der Waals surface area (Å²) in [7, 11) is -3.22. The standard InChI is InChI=1S/C19H19FN2O5S/c20-13-6-7-16(17(21)10-13)19(24)27-11-18(23)22(14-4-2-1-3-5-14)15-8-9-28(25,26)12-15/h1-7,10,15H,8-9,11-12,21H2/t15-/m1/s1. The summed E-state index contributed by atoms with van der Waals surface area (Å²) in [6, 6.07) is 11.3. The maximum atomic E-state index is 13.1. The third kappa shape index (κ3) is 4.48. The minimum absolute atomic E-state index is 0.000180. The number of hydrogen-bond acceptors (Lipinski definition) is 6. The van der Waals surface area contributed by atoms with Gasteiger partial charge in [0.05, 0.1) is 23.1 Å². The molecule has 1 atom stereocenters. The monoisotopic (exact) mass is 406 g/mol. The van der Waals surface area contributed by atoms with Crippen molar-refractivity contribution in [3.05, 3.63) is 59.9 Å². The maximum Gasteiger partial charge on any atom is 0.340 e. The zero-order valence-corrected chi connectivity index (χ0v) is 15.7. The van der Waals surface area contributed by atoms with Crippen molar-refractivity contribution in [2.24, 2.45) is 0 Å². The topological polar surface area (TPSA) is 107 Å². The van der Waals surface area contributed by atoms with Gasteiger partial charge in [0.1, 0.15) is 5.82 Å². The molecule has 7 nitrogen and oxygen atoms in total. The zero-order chi connectivity index (χ0) is 20.3. The van der Waals surface area contributed by atoms with Gasteiger partial charge in [-0.05, 0) is 36.8 Å². The first kappa shape index (κ1) is 19.8. The summed E-state index contributed by atoms with van der Waals surface area (Å²) in [5.41, 5.74) is 5.98. The van der Waals surface area contributed by atoms with Crippen LogP contribution in [0.1, 0.15) is 16.8 Å². The summed E-state index contributed by atoms with van der Waals surface area (Å²) in [4.78, 5) is 26.3. The van der Waals surface area contributed by atoms with Crippen LogP contribution in [0.4, 0.5) is 15.8 Å². The summed E-state index contributed by atoms with van der Waals surface area (Å²) >= 11 is 0. The molecule has 1 aliphatic rings. The fourth-order valence-corrected chi connectivity index (χ4v) is 4.82. The van der Waals surface area contributed by atoms with E-state index in [-0.39, 0.29) is 22.8 Å². The fraction of sp³-hybridized carbons (Fsp3) is 0.263. The SMILES string of the molecule is Nc1cc(F)ccc1C(=O)OCC(=O)N(c1ccccc1)[C@@H]1CCS(=O)(=O)C1. The van der Waals surface area contributed by atoms with Crippen LogP contribution in [0.5, 0.6) is 0 Å². The molecular weight excluding hydrogens is 387 g/mol. The number of nitrogens with zero attached hydrogens (tertiary/aromatic N) is 1. The average Bonchev–Trinajstić information content (AvgIpc) is 3.00. The molecule has 1 aliphatic heterocycles. The van der Waals surface area contributed by atoms with Gasteiger partial charge in [-0.25, -0.2) is 17.6 Å². The van der Waals surface area contributed by atoms with Crippen LogP contribution in [0, 0.1) is 5.82 Å². The Balaban J connectivity index is 1.75. The minimum Gasteiger partial charge on any atom is -0.452 e. The average molecular weight is 406 g/mol. The number of carbonyl (C=O) groups is 2. The Kier molecular flexibility index (Phi) is 5.64. The lowest BCUT2D eigenvalue weighted by molar-refractivity contribution is -0.122. The largest absolute Gasteiger partial charge is 0.452 e. The fourth-order valence-electron chi connectivity index (χ4n) is 3.12. The number of rotatable bonds is 5. The molecule has 9 heteroatoms. The summed E-state index contributed by atoms with van der Waals surface area (Å²) in [5.74, 6) is -2.16. The molecule has 1 saturated heterocycles. The van der Waals surface area contributed by atoms with Crippen molar-refractivity contribution in [2.75, 3.05) is 28.7 Å². The number of benzene rings is 2.